The summed E-state index contributed by atoms with van der Waals surface area (Å²) in [5.41, 5.74) is 0. The van der Waals surface area contributed by atoms with Crippen molar-refractivity contribution in [2.45, 2.75) is 0 Å². The standard InChI is InChI=1S/Bi.H2O3Si.Pb.5H/c;1-4(2)3;;;;;;/h;1-2H;;;;;;. The molecule has 0 rings (SSSR count). The molecule has 2 N–H and O–H groups in total. The Kier molecular flexibility index (Phi) is 25.2. The Morgan fingerprint density at radius 1 is 1.33 bits per heavy atom. The van der Waals surface area contributed by atoms with Gasteiger partial charge in [0.1, 0.15) is 0 Å². The van der Waals surface area contributed by atoms with Gasteiger partial charge in [-0.3, -0.25) is 4.46 Å². The quantitative estimate of drug-likeness (QED) is 0.338. The predicted molar refractivity (Wildman–Crippen MR) is 29.4 cm³/mol. The molecule has 0 aromatic heterocycles. The molecule has 0 spiro atoms. The van der Waals surface area contributed by atoms with Gasteiger partial charge in [0.05, 0.1) is 0 Å². The monoisotopic (exact) mass is 500 g/mol. The van der Waals surface area contributed by atoms with Gasteiger partial charge in [0.25, 0.3) is 0 Å². The molecular formula is H7BiO3PbSi. The molecule has 0 atom stereocenters. The van der Waals surface area contributed by atoms with Crippen molar-refractivity contribution in [2.24, 2.45) is 0 Å². The third kappa shape index (κ3) is 52.4. The van der Waals surface area contributed by atoms with Crippen molar-refractivity contribution < 1.29 is 14.1 Å². The van der Waals surface area contributed by atoms with Gasteiger partial charge in [-0.2, -0.15) is 0 Å². The Hall–Kier alpha value is 1.42. The van der Waals surface area contributed by atoms with Crippen molar-refractivity contribution >= 4 is 62.7 Å². The van der Waals surface area contributed by atoms with E-state index < -0.39 is 9.17 Å². The van der Waals surface area contributed by atoms with Crippen LogP contribution in [-0.4, -0.2) is 72.3 Å². The third-order valence-corrected chi connectivity index (χ3v) is 0. The average molecular weight is 499 g/mol. The van der Waals surface area contributed by atoms with Crippen LogP contribution in [0.5, 0.6) is 0 Å². The number of rotatable bonds is 0. The van der Waals surface area contributed by atoms with Crippen LogP contribution in [-0.2, 0) is 4.46 Å². The average Bonchev–Trinajstić information content (AvgIpc) is 0.811. The number of hydrogen-bond acceptors (Lipinski definition) is 1. The molecule has 0 saturated heterocycles. The topological polar surface area (TPSA) is 57.5 Å². The second-order valence-corrected chi connectivity index (χ2v) is 0.848. The van der Waals surface area contributed by atoms with Crippen LogP contribution in [0.2, 0.25) is 0 Å². The van der Waals surface area contributed by atoms with E-state index in [2.05, 4.69) is 0 Å². The Balaban J connectivity index is -0.0000000450. The van der Waals surface area contributed by atoms with Crippen LogP contribution in [0.1, 0.15) is 0 Å². The Labute approximate surface area is 75.9 Å². The van der Waals surface area contributed by atoms with Crippen LogP contribution < -0.4 is 0 Å². The zero-order valence-electron chi connectivity index (χ0n) is 3.22. The van der Waals surface area contributed by atoms with Gasteiger partial charge in [-0.1, -0.05) is 0 Å². The molecule has 0 bridgehead atoms. The fourth-order valence-corrected chi connectivity index (χ4v) is 0. The van der Waals surface area contributed by atoms with E-state index in [4.69, 9.17) is 14.1 Å². The molecule has 0 aliphatic heterocycles. The van der Waals surface area contributed by atoms with E-state index >= 15 is 0 Å². The molecule has 2 radical (unpaired) electrons. The van der Waals surface area contributed by atoms with Crippen molar-refractivity contribution in [2.75, 3.05) is 0 Å². The van der Waals surface area contributed by atoms with Crippen molar-refractivity contribution in [1.82, 2.24) is 0 Å². The molecule has 0 amide bonds. The van der Waals surface area contributed by atoms with Crippen molar-refractivity contribution in [3.63, 3.8) is 0 Å². The van der Waals surface area contributed by atoms with Crippen LogP contribution in [0.15, 0.2) is 0 Å². The summed E-state index contributed by atoms with van der Waals surface area (Å²) in [7, 11) is -3.13. The first kappa shape index (κ1) is 15.7. The third-order valence-electron chi connectivity index (χ3n) is 0. The first-order chi connectivity index (χ1) is 1.73. The molecule has 0 fully saturated rings. The van der Waals surface area contributed by atoms with E-state index in [1.54, 1.807) is 0 Å². The van der Waals surface area contributed by atoms with Crippen LogP contribution in [0, 0.1) is 0 Å². The van der Waals surface area contributed by atoms with E-state index in [0.717, 1.165) is 0 Å². The molecule has 6 heteroatoms. The SMILES string of the molecule is O=[Si](O)O.[BiH3].[PbH2]. The van der Waals surface area contributed by atoms with Gasteiger partial charge < -0.3 is 9.59 Å². The van der Waals surface area contributed by atoms with Gasteiger partial charge in [-0.05, 0) is 0 Å². The van der Waals surface area contributed by atoms with Crippen molar-refractivity contribution in [3.05, 3.63) is 0 Å². The Morgan fingerprint density at radius 2 is 1.33 bits per heavy atom. The first-order valence-electron chi connectivity index (χ1n) is 0.651. The summed E-state index contributed by atoms with van der Waals surface area (Å²) in [5.74, 6) is 0. The van der Waals surface area contributed by atoms with Gasteiger partial charge in [0.2, 0.25) is 0 Å². The van der Waals surface area contributed by atoms with E-state index in [0.29, 0.717) is 0 Å². The summed E-state index contributed by atoms with van der Waals surface area (Å²) in [5, 5.41) is 0. The summed E-state index contributed by atoms with van der Waals surface area (Å²) >= 11 is 0. The molecule has 0 heterocycles. The van der Waals surface area contributed by atoms with E-state index in [-0.39, 0.29) is 53.5 Å². The minimum absolute atomic E-state index is 0. The summed E-state index contributed by atoms with van der Waals surface area (Å²) in [6, 6.07) is 0. The Morgan fingerprint density at radius 3 is 1.33 bits per heavy atom. The molecule has 0 unspecified atom stereocenters. The molecule has 6 heavy (non-hydrogen) atoms. The molecule has 0 aliphatic carbocycles. The van der Waals surface area contributed by atoms with Crippen LogP contribution in [0.4, 0.5) is 0 Å². The normalized spacial score (nSPS) is 4.00. The second-order valence-electron chi connectivity index (χ2n) is 0.283. The zero-order chi connectivity index (χ0) is 3.58. The molecule has 38 valence electrons. The van der Waals surface area contributed by atoms with E-state index in [9.17, 15) is 0 Å². The van der Waals surface area contributed by atoms with E-state index in [1.165, 1.54) is 0 Å². The summed E-state index contributed by atoms with van der Waals surface area (Å²) in [6.07, 6.45) is 0. The fourth-order valence-electron chi connectivity index (χ4n) is 0. The molecule has 0 aliphatic rings. The van der Waals surface area contributed by atoms with Crippen molar-refractivity contribution in [3.8, 4) is 0 Å². The molecule has 3 nitrogen and oxygen atoms in total. The Bertz CT molecular complexity index is 33.8. The molecule has 0 aromatic rings. The van der Waals surface area contributed by atoms with Gasteiger partial charge in [0.15, 0.2) is 0 Å². The molecular weight excluding hydrogens is 492 g/mol. The summed E-state index contributed by atoms with van der Waals surface area (Å²) in [4.78, 5) is 14.3. The zero-order valence-corrected chi connectivity index (χ0v) is 15.2. The van der Waals surface area contributed by atoms with Crippen molar-refractivity contribution in [1.29, 1.82) is 0 Å². The minimum atomic E-state index is -3.13. The summed E-state index contributed by atoms with van der Waals surface area (Å²) in [6.45, 7) is 0. The first-order valence-corrected chi connectivity index (χ1v) is 1.95. The summed E-state index contributed by atoms with van der Waals surface area (Å²) < 4.78 is 8.74. The number of hydrogen-bond donors (Lipinski definition) is 2. The maximum absolute atomic E-state index is 8.74. The maximum atomic E-state index is 8.74. The molecule has 0 aromatic carbocycles. The van der Waals surface area contributed by atoms with Crippen LogP contribution in [0.25, 0.3) is 0 Å². The molecule has 0 saturated carbocycles. The fraction of sp³-hybridized carbons (Fsp3) is 0. The van der Waals surface area contributed by atoms with Gasteiger partial charge in [-0.25, -0.2) is 0 Å². The van der Waals surface area contributed by atoms with E-state index in [1.807, 2.05) is 0 Å². The van der Waals surface area contributed by atoms with Gasteiger partial charge in [-0.15, -0.1) is 0 Å². The van der Waals surface area contributed by atoms with Gasteiger partial charge >= 0.3 is 62.7 Å². The second kappa shape index (κ2) is 9.66. The predicted octanol–water partition coefficient (Wildman–Crippen LogP) is -3.71. The van der Waals surface area contributed by atoms with Crippen LogP contribution in [0.3, 0.4) is 0 Å². The van der Waals surface area contributed by atoms with Gasteiger partial charge in [0, 0.05) is 0 Å². The van der Waals surface area contributed by atoms with Crippen LogP contribution >= 0.6 is 0 Å².